The van der Waals surface area contributed by atoms with E-state index in [2.05, 4.69) is 0 Å². The van der Waals surface area contributed by atoms with Crippen molar-refractivity contribution in [3.8, 4) is 0 Å². The van der Waals surface area contributed by atoms with Crippen molar-refractivity contribution in [1.82, 2.24) is 0 Å². The molecule has 0 bridgehead atoms. The first-order valence-corrected chi connectivity index (χ1v) is 4.96. The smallest absolute Gasteiger partial charge is 0.332 e. The predicted octanol–water partition coefficient (Wildman–Crippen LogP) is 0.916. The van der Waals surface area contributed by atoms with Gasteiger partial charge in [-0.25, -0.2) is 4.79 Å². The van der Waals surface area contributed by atoms with Gasteiger partial charge in [-0.2, -0.15) is 0 Å². The number of carbonyl (C=O) groups is 1. The minimum absolute atomic E-state index is 0.0318. The Kier molecular flexibility index (Phi) is 7.29. The zero-order chi connectivity index (χ0) is 11.8. The van der Waals surface area contributed by atoms with Gasteiger partial charge in [-0.1, -0.05) is 0 Å². The van der Waals surface area contributed by atoms with Gasteiger partial charge in [0.25, 0.3) is 0 Å². The fourth-order valence-electron chi connectivity index (χ4n) is 0.767. The van der Waals surface area contributed by atoms with E-state index in [4.69, 9.17) is 19.3 Å². The van der Waals surface area contributed by atoms with Crippen molar-refractivity contribution in [2.24, 2.45) is 0 Å². The van der Waals surface area contributed by atoms with Gasteiger partial charge in [0.15, 0.2) is 6.10 Å². The van der Waals surface area contributed by atoms with E-state index in [1.807, 2.05) is 13.8 Å². The topological polar surface area (TPSA) is 65.0 Å². The highest BCUT2D eigenvalue weighted by Crippen LogP contribution is 1.99. The Balaban J connectivity index is 3.57. The Morgan fingerprint density at radius 3 is 2.13 bits per heavy atom. The standard InChI is InChI=1S/C10H20O5/c1-7(13-4)5-14-8(2)6-15-9(3)10(11)12/h7-9H,5-6H2,1-4H3,(H,11,12). The lowest BCUT2D eigenvalue weighted by molar-refractivity contribution is -0.151. The quantitative estimate of drug-likeness (QED) is 0.658. The molecule has 0 aliphatic heterocycles. The molecule has 0 aromatic carbocycles. The molecule has 0 saturated carbocycles. The summed E-state index contributed by atoms with van der Waals surface area (Å²) in [6.45, 7) is 5.96. The van der Waals surface area contributed by atoms with Gasteiger partial charge in [-0.3, -0.25) is 0 Å². The number of hydrogen-bond acceptors (Lipinski definition) is 4. The number of carboxylic acids is 1. The molecule has 0 aromatic rings. The molecule has 0 spiro atoms. The van der Waals surface area contributed by atoms with Gasteiger partial charge in [0, 0.05) is 7.11 Å². The van der Waals surface area contributed by atoms with Gasteiger partial charge >= 0.3 is 5.97 Å². The molecular weight excluding hydrogens is 200 g/mol. The summed E-state index contributed by atoms with van der Waals surface area (Å²) in [5, 5.41) is 8.57. The summed E-state index contributed by atoms with van der Waals surface area (Å²) in [6.07, 6.45) is -0.898. The van der Waals surface area contributed by atoms with Gasteiger partial charge in [-0.05, 0) is 20.8 Å². The number of hydrogen-bond donors (Lipinski definition) is 1. The second-order valence-electron chi connectivity index (χ2n) is 3.50. The number of ether oxygens (including phenoxy) is 3. The molecule has 5 heteroatoms. The van der Waals surface area contributed by atoms with Crippen LogP contribution in [0.3, 0.4) is 0 Å². The molecule has 0 aliphatic carbocycles. The predicted molar refractivity (Wildman–Crippen MR) is 54.9 cm³/mol. The van der Waals surface area contributed by atoms with Crippen LogP contribution in [-0.4, -0.2) is 49.7 Å². The average Bonchev–Trinajstić information content (AvgIpc) is 2.21. The molecule has 0 amide bonds. The van der Waals surface area contributed by atoms with E-state index in [9.17, 15) is 4.79 Å². The van der Waals surface area contributed by atoms with Crippen LogP contribution in [0.2, 0.25) is 0 Å². The van der Waals surface area contributed by atoms with Gasteiger partial charge in [0.1, 0.15) is 0 Å². The summed E-state index contributed by atoms with van der Waals surface area (Å²) < 4.78 is 15.5. The van der Waals surface area contributed by atoms with Crippen molar-refractivity contribution < 1.29 is 24.1 Å². The molecule has 3 unspecified atom stereocenters. The Morgan fingerprint density at radius 1 is 1.13 bits per heavy atom. The first-order chi connectivity index (χ1) is 6.97. The van der Waals surface area contributed by atoms with E-state index < -0.39 is 12.1 Å². The molecule has 15 heavy (non-hydrogen) atoms. The molecule has 90 valence electrons. The SMILES string of the molecule is COC(C)COC(C)COC(C)C(=O)O. The van der Waals surface area contributed by atoms with Crippen LogP contribution in [0.5, 0.6) is 0 Å². The second kappa shape index (κ2) is 7.62. The fourth-order valence-corrected chi connectivity index (χ4v) is 0.767. The molecule has 0 saturated heterocycles. The van der Waals surface area contributed by atoms with Crippen molar-refractivity contribution in [1.29, 1.82) is 0 Å². The van der Waals surface area contributed by atoms with Gasteiger partial charge < -0.3 is 19.3 Å². The Morgan fingerprint density at radius 2 is 1.67 bits per heavy atom. The molecule has 3 atom stereocenters. The van der Waals surface area contributed by atoms with Crippen LogP contribution >= 0.6 is 0 Å². The molecule has 0 aliphatic rings. The Hall–Kier alpha value is -0.650. The van der Waals surface area contributed by atoms with E-state index in [1.54, 1.807) is 7.11 Å². The molecular formula is C10H20O5. The van der Waals surface area contributed by atoms with Crippen LogP contribution in [0.25, 0.3) is 0 Å². The summed E-state index contributed by atoms with van der Waals surface area (Å²) in [7, 11) is 1.61. The third-order valence-electron chi connectivity index (χ3n) is 1.95. The van der Waals surface area contributed by atoms with Gasteiger partial charge in [0.05, 0.1) is 25.4 Å². The van der Waals surface area contributed by atoms with Crippen LogP contribution in [0.1, 0.15) is 20.8 Å². The Bertz CT molecular complexity index is 183. The van der Waals surface area contributed by atoms with Crippen molar-refractivity contribution >= 4 is 5.97 Å². The molecule has 0 radical (unpaired) electrons. The van der Waals surface area contributed by atoms with E-state index >= 15 is 0 Å². The monoisotopic (exact) mass is 220 g/mol. The number of carboxylic acid groups (broad SMARTS) is 1. The summed E-state index contributed by atoms with van der Waals surface area (Å²) in [4.78, 5) is 10.4. The summed E-state index contributed by atoms with van der Waals surface area (Å²) >= 11 is 0. The highest BCUT2D eigenvalue weighted by molar-refractivity contribution is 5.71. The lowest BCUT2D eigenvalue weighted by atomic mass is 10.4. The minimum Gasteiger partial charge on any atom is -0.479 e. The third-order valence-corrected chi connectivity index (χ3v) is 1.95. The van der Waals surface area contributed by atoms with Crippen molar-refractivity contribution in [3.05, 3.63) is 0 Å². The van der Waals surface area contributed by atoms with E-state index in [0.717, 1.165) is 0 Å². The minimum atomic E-state index is -0.965. The maximum absolute atomic E-state index is 10.4. The van der Waals surface area contributed by atoms with E-state index in [0.29, 0.717) is 6.61 Å². The molecule has 0 aromatic heterocycles. The van der Waals surface area contributed by atoms with Crippen LogP contribution in [0.4, 0.5) is 0 Å². The fraction of sp³-hybridized carbons (Fsp3) is 0.900. The highest BCUT2D eigenvalue weighted by atomic mass is 16.6. The molecule has 5 nitrogen and oxygen atoms in total. The number of aliphatic carboxylic acids is 1. The van der Waals surface area contributed by atoms with Crippen LogP contribution < -0.4 is 0 Å². The van der Waals surface area contributed by atoms with E-state index in [-0.39, 0.29) is 18.8 Å². The molecule has 1 N–H and O–H groups in total. The van der Waals surface area contributed by atoms with Gasteiger partial charge in [-0.15, -0.1) is 0 Å². The highest BCUT2D eigenvalue weighted by Gasteiger charge is 2.13. The second-order valence-corrected chi connectivity index (χ2v) is 3.50. The number of rotatable bonds is 8. The summed E-state index contributed by atoms with van der Waals surface area (Å²) in [6, 6.07) is 0. The zero-order valence-electron chi connectivity index (χ0n) is 9.73. The van der Waals surface area contributed by atoms with Crippen LogP contribution in [-0.2, 0) is 19.0 Å². The average molecular weight is 220 g/mol. The number of methoxy groups -OCH3 is 1. The van der Waals surface area contributed by atoms with Crippen LogP contribution in [0.15, 0.2) is 0 Å². The lowest BCUT2D eigenvalue weighted by Crippen LogP contribution is -2.27. The third kappa shape index (κ3) is 7.30. The lowest BCUT2D eigenvalue weighted by Gasteiger charge is -2.17. The van der Waals surface area contributed by atoms with Crippen molar-refractivity contribution in [3.63, 3.8) is 0 Å². The largest absolute Gasteiger partial charge is 0.479 e. The maximum Gasteiger partial charge on any atom is 0.332 e. The van der Waals surface area contributed by atoms with E-state index in [1.165, 1.54) is 6.92 Å². The van der Waals surface area contributed by atoms with Crippen molar-refractivity contribution in [2.75, 3.05) is 20.3 Å². The Labute approximate surface area is 90.3 Å². The van der Waals surface area contributed by atoms with Gasteiger partial charge in [0.2, 0.25) is 0 Å². The normalized spacial score (nSPS) is 17.1. The van der Waals surface area contributed by atoms with Crippen molar-refractivity contribution in [2.45, 2.75) is 39.1 Å². The summed E-state index contributed by atoms with van der Waals surface area (Å²) in [5.74, 6) is -0.965. The van der Waals surface area contributed by atoms with Crippen LogP contribution in [0, 0.1) is 0 Å². The zero-order valence-corrected chi connectivity index (χ0v) is 9.73. The molecule has 0 heterocycles. The maximum atomic E-state index is 10.4. The molecule has 0 fully saturated rings. The first kappa shape index (κ1) is 14.3. The summed E-state index contributed by atoms with van der Waals surface area (Å²) in [5.41, 5.74) is 0. The molecule has 0 rings (SSSR count). The first-order valence-electron chi connectivity index (χ1n) is 4.96.